The van der Waals surface area contributed by atoms with Crippen LogP contribution in [0.5, 0.6) is 0 Å². The largest absolute Gasteiger partial charge is 0.309 e. The predicted octanol–water partition coefficient (Wildman–Crippen LogP) is 13.0. The molecule has 2 heterocycles. The Bertz CT molecular complexity index is 3100. The topological polar surface area (TPSA) is 9.86 Å². The van der Waals surface area contributed by atoms with Crippen molar-refractivity contribution in [2.75, 3.05) is 0 Å². The summed E-state index contributed by atoms with van der Waals surface area (Å²) in [6, 6.07) is 67.0. The second kappa shape index (κ2) is 10.4. The van der Waals surface area contributed by atoms with E-state index in [0.29, 0.717) is 0 Å². The van der Waals surface area contributed by atoms with Gasteiger partial charge in [0.25, 0.3) is 0 Å². The molecule has 9 aromatic carbocycles. The van der Waals surface area contributed by atoms with Crippen molar-refractivity contribution in [3.63, 3.8) is 0 Å². The molecule has 0 aliphatic heterocycles. The Morgan fingerprint density at radius 2 is 0.800 bits per heavy atom. The van der Waals surface area contributed by atoms with Gasteiger partial charge in [0.05, 0.1) is 22.1 Å². The molecule has 0 radical (unpaired) electrons. The monoisotopic (exact) mass is 634 g/mol. The smallest absolute Gasteiger partial charge is 0.0547 e. The highest BCUT2D eigenvalue weighted by molar-refractivity contribution is 6.15. The first-order valence-corrected chi connectivity index (χ1v) is 17.3. The lowest BCUT2D eigenvalue weighted by atomic mass is 9.95. The molecule has 0 amide bonds. The van der Waals surface area contributed by atoms with Crippen LogP contribution in [0.15, 0.2) is 182 Å². The van der Waals surface area contributed by atoms with Gasteiger partial charge in [0.2, 0.25) is 0 Å². The molecule has 0 bridgehead atoms. The Morgan fingerprint density at radius 3 is 1.54 bits per heavy atom. The number of nitrogens with zero attached hydrogens (tertiary/aromatic N) is 2. The second-order valence-corrected chi connectivity index (χ2v) is 13.4. The first kappa shape index (κ1) is 27.3. The van der Waals surface area contributed by atoms with Crippen LogP contribution in [0, 0.1) is 0 Å². The van der Waals surface area contributed by atoms with Crippen molar-refractivity contribution in [3.8, 4) is 22.5 Å². The van der Waals surface area contributed by atoms with Gasteiger partial charge in [-0.1, -0.05) is 121 Å². The number of aromatic nitrogens is 2. The highest BCUT2D eigenvalue weighted by atomic mass is 15.0. The highest BCUT2D eigenvalue weighted by Crippen LogP contribution is 2.40. The molecule has 50 heavy (non-hydrogen) atoms. The van der Waals surface area contributed by atoms with E-state index < -0.39 is 0 Å². The zero-order valence-electron chi connectivity index (χ0n) is 27.2. The number of para-hydroxylation sites is 2. The molecule has 2 heteroatoms. The zero-order valence-corrected chi connectivity index (χ0v) is 27.2. The molecule has 0 saturated heterocycles. The molecule has 2 aromatic heterocycles. The summed E-state index contributed by atoms with van der Waals surface area (Å²) in [6.07, 6.45) is 0. The molecule has 0 saturated carbocycles. The van der Waals surface area contributed by atoms with Gasteiger partial charge >= 0.3 is 0 Å². The molecule has 0 unspecified atom stereocenters. The fourth-order valence-corrected chi connectivity index (χ4v) is 8.33. The fourth-order valence-electron chi connectivity index (χ4n) is 8.33. The molecule has 0 fully saturated rings. The third kappa shape index (κ3) is 3.96. The van der Waals surface area contributed by atoms with Crippen molar-refractivity contribution < 1.29 is 0 Å². The van der Waals surface area contributed by atoms with Crippen molar-refractivity contribution in [1.29, 1.82) is 0 Å². The maximum absolute atomic E-state index is 2.48. The quantitative estimate of drug-likeness (QED) is 0.183. The van der Waals surface area contributed by atoms with Crippen molar-refractivity contribution >= 4 is 75.9 Å². The number of benzene rings is 9. The Morgan fingerprint density at radius 1 is 0.260 bits per heavy atom. The normalized spacial score (nSPS) is 12.0. The van der Waals surface area contributed by atoms with Gasteiger partial charge in [0.15, 0.2) is 0 Å². The molecule has 0 spiro atoms. The van der Waals surface area contributed by atoms with Gasteiger partial charge in [-0.3, -0.25) is 0 Å². The minimum Gasteiger partial charge on any atom is -0.309 e. The molecule has 11 rings (SSSR count). The number of hydrogen-bond donors (Lipinski definition) is 0. The first-order chi connectivity index (χ1) is 24.8. The molecular weight excluding hydrogens is 605 g/mol. The van der Waals surface area contributed by atoms with E-state index >= 15 is 0 Å². The average molecular weight is 635 g/mol. The van der Waals surface area contributed by atoms with Gasteiger partial charge < -0.3 is 9.13 Å². The van der Waals surface area contributed by atoms with Crippen LogP contribution in [0.2, 0.25) is 0 Å². The van der Waals surface area contributed by atoms with Crippen LogP contribution in [-0.2, 0) is 0 Å². The maximum Gasteiger partial charge on any atom is 0.0547 e. The molecule has 11 aromatic rings. The molecule has 232 valence electrons. The van der Waals surface area contributed by atoms with Crippen molar-refractivity contribution in [1.82, 2.24) is 9.13 Å². The molecular formula is C48H30N2. The van der Waals surface area contributed by atoms with E-state index in [0.717, 1.165) is 11.4 Å². The van der Waals surface area contributed by atoms with E-state index in [1.54, 1.807) is 0 Å². The second-order valence-electron chi connectivity index (χ2n) is 13.4. The van der Waals surface area contributed by atoms with Crippen LogP contribution in [0.3, 0.4) is 0 Å². The van der Waals surface area contributed by atoms with E-state index in [1.807, 2.05) is 0 Å². The standard InChI is InChI=1S/C48H30N2/c1-2-12-32-25-36(22-21-31(32)11-1)42-30-38(26-35-15-5-6-16-39(35)42)50-47-24-23-37(29-44(47)43-27-33-13-3-4-14-34(33)28-48(43)50)49-45-19-9-7-17-40(45)41-18-8-10-20-46(41)49/h1-30H. The minimum absolute atomic E-state index is 1.16. The van der Waals surface area contributed by atoms with E-state index in [-0.39, 0.29) is 0 Å². The summed E-state index contributed by atoms with van der Waals surface area (Å²) in [5, 5.41) is 12.5. The third-order valence-corrected chi connectivity index (χ3v) is 10.6. The van der Waals surface area contributed by atoms with Gasteiger partial charge in [-0.05, 0) is 104 Å². The van der Waals surface area contributed by atoms with Gasteiger partial charge in [-0.2, -0.15) is 0 Å². The molecule has 0 aliphatic carbocycles. The molecule has 0 atom stereocenters. The number of fused-ring (bicyclic) bond motifs is 9. The summed E-state index contributed by atoms with van der Waals surface area (Å²) in [7, 11) is 0. The van der Waals surface area contributed by atoms with Crippen LogP contribution in [0.1, 0.15) is 0 Å². The number of hydrogen-bond acceptors (Lipinski definition) is 0. The highest BCUT2D eigenvalue weighted by Gasteiger charge is 2.18. The first-order valence-electron chi connectivity index (χ1n) is 17.3. The van der Waals surface area contributed by atoms with Crippen molar-refractivity contribution in [3.05, 3.63) is 182 Å². The number of rotatable bonds is 3. The van der Waals surface area contributed by atoms with E-state index in [9.17, 15) is 0 Å². The Kier molecular flexibility index (Phi) is 5.70. The summed E-state index contributed by atoms with van der Waals surface area (Å²) in [4.78, 5) is 0. The average Bonchev–Trinajstić information content (AvgIpc) is 3.68. The minimum atomic E-state index is 1.16. The molecule has 0 aliphatic rings. The van der Waals surface area contributed by atoms with Crippen LogP contribution < -0.4 is 0 Å². The van der Waals surface area contributed by atoms with Gasteiger partial charge in [0, 0.05) is 32.9 Å². The maximum atomic E-state index is 2.48. The summed E-state index contributed by atoms with van der Waals surface area (Å²) >= 11 is 0. The lowest BCUT2D eigenvalue weighted by Gasteiger charge is -2.15. The van der Waals surface area contributed by atoms with Gasteiger partial charge in [-0.25, -0.2) is 0 Å². The van der Waals surface area contributed by atoms with Crippen LogP contribution >= 0.6 is 0 Å². The van der Waals surface area contributed by atoms with Gasteiger partial charge in [0.1, 0.15) is 0 Å². The Balaban J connectivity index is 1.23. The van der Waals surface area contributed by atoms with Crippen molar-refractivity contribution in [2.24, 2.45) is 0 Å². The summed E-state index contributed by atoms with van der Waals surface area (Å²) in [6.45, 7) is 0. The predicted molar refractivity (Wildman–Crippen MR) is 213 cm³/mol. The molecule has 2 nitrogen and oxygen atoms in total. The Labute approximate surface area is 288 Å². The zero-order chi connectivity index (χ0) is 32.8. The van der Waals surface area contributed by atoms with Crippen LogP contribution in [0.25, 0.3) is 98.4 Å². The Hall–Kier alpha value is -6.64. The SMILES string of the molecule is c1ccc2cc(-c3cc(-n4c5ccc(-n6c7ccccc7c7ccccc76)cc5c5cc6ccccc6cc54)cc4ccccc34)ccc2c1. The van der Waals surface area contributed by atoms with Crippen LogP contribution in [0.4, 0.5) is 0 Å². The fraction of sp³-hybridized carbons (Fsp3) is 0. The van der Waals surface area contributed by atoms with Crippen molar-refractivity contribution in [2.45, 2.75) is 0 Å². The molecule has 0 N–H and O–H groups in total. The van der Waals surface area contributed by atoms with E-state index in [4.69, 9.17) is 0 Å². The van der Waals surface area contributed by atoms with E-state index in [1.165, 1.54) is 87.1 Å². The van der Waals surface area contributed by atoms with Crippen LogP contribution in [-0.4, -0.2) is 9.13 Å². The lowest BCUT2D eigenvalue weighted by Crippen LogP contribution is -1.97. The summed E-state index contributed by atoms with van der Waals surface area (Å²) in [5.74, 6) is 0. The summed E-state index contributed by atoms with van der Waals surface area (Å²) in [5.41, 5.74) is 9.62. The summed E-state index contributed by atoms with van der Waals surface area (Å²) < 4.78 is 4.89. The van der Waals surface area contributed by atoms with Gasteiger partial charge in [-0.15, -0.1) is 0 Å². The third-order valence-electron chi connectivity index (χ3n) is 10.6. The van der Waals surface area contributed by atoms with E-state index in [2.05, 4.69) is 191 Å². The lowest BCUT2D eigenvalue weighted by molar-refractivity contribution is 1.17.